The molecular formula is C17H28ClN5O2. The van der Waals surface area contributed by atoms with Gasteiger partial charge in [0.05, 0.1) is 25.0 Å². The summed E-state index contributed by atoms with van der Waals surface area (Å²) in [6, 6.07) is 1.42. The molecule has 0 aromatic carbocycles. The molecule has 140 valence electrons. The molecule has 1 saturated heterocycles. The summed E-state index contributed by atoms with van der Waals surface area (Å²) >= 11 is 0. The Bertz CT molecular complexity index is 843. The van der Waals surface area contributed by atoms with Crippen molar-refractivity contribution in [2.75, 3.05) is 6.54 Å². The highest BCUT2D eigenvalue weighted by molar-refractivity contribution is 5.69. The number of hydrogen-bond acceptors (Lipinski definition) is 3. The van der Waals surface area contributed by atoms with Gasteiger partial charge in [0.1, 0.15) is 0 Å². The van der Waals surface area contributed by atoms with E-state index in [1.54, 1.807) is 18.3 Å². The molecule has 1 aliphatic heterocycles. The van der Waals surface area contributed by atoms with Gasteiger partial charge in [0.25, 0.3) is 5.56 Å². The van der Waals surface area contributed by atoms with Crippen LogP contribution in [-0.2, 0) is 20.6 Å². The predicted octanol–water partition coefficient (Wildman–Crippen LogP) is -3.33. The number of nitrogens with one attached hydrogen (secondary N) is 1. The maximum absolute atomic E-state index is 12.4. The number of imidazole rings is 1. The summed E-state index contributed by atoms with van der Waals surface area (Å²) in [5.74, 6) is 0. The fourth-order valence-electron chi connectivity index (χ4n) is 4.10. The number of halogens is 1. The minimum absolute atomic E-state index is 0. The van der Waals surface area contributed by atoms with Gasteiger partial charge in [0.2, 0.25) is 0 Å². The molecule has 25 heavy (non-hydrogen) atoms. The van der Waals surface area contributed by atoms with Gasteiger partial charge in [-0.2, -0.15) is 0 Å². The zero-order valence-corrected chi connectivity index (χ0v) is 16.2. The molecule has 1 fully saturated rings. The van der Waals surface area contributed by atoms with Gasteiger partial charge in [0, 0.05) is 27.1 Å². The van der Waals surface area contributed by atoms with Crippen LogP contribution in [0.2, 0.25) is 0 Å². The summed E-state index contributed by atoms with van der Waals surface area (Å²) in [5.41, 5.74) is 0.389. The smallest absolute Gasteiger partial charge is 0.332 e. The molecule has 0 bridgehead atoms. The zero-order chi connectivity index (χ0) is 17.4. The largest absolute Gasteiger partial charge is 1.00 e. The van der Waals surface area contributed by atoms with Crippen molar-refractivity contribution >= 4 is 11.2 Å². The maximum atomic E-state index is 12.4. The molecule has 1 N–H and O–H groups in total. The lowest BCUT2D eigenvalue weighted by Gasteiger charge is -2.35. The van der Waals surface area contributed by atoms with Crippen molar-refractivity contribution in [3.63, 3.8) is 0 Å². The van der Waals surface area contributed by atoms with E-state index < -0.39 is 0 Å². The van der Waals surface area contributed by atoms with Crippen molar-refractivity contribution in [1.29, 1.82) is 0 Å². The molecular weight excluding hydrogens is 342 g/mol. The third kappa shape index (κ3) is 3.53. The lowest BCUT2D eigenvalue weighted by molar-refractivity contribution is -0.951. The summed E-state index contributed by atoms with van der Waals surface area (Å²) < 4.78 is 4.49. The molecule has 8 heteroatoms. The molecule has 0 radical (unpaired) electrons. The number of fused-ring (bicyclic) bond motifs is 1. The van der Waals surface area contributed by atoms with Crippen LogP contribution in [-0.4, -0.2) is 37.3 Å². The average molecular weight is 370 g/mol. The molecule has 2 aromatic rings. The molecule has 2 atom stereocenters. The lowest BCUT2D eigenvalue weighted by Crippen LogP contribution is -3.19. The zero-order valence-electron chi connectivity index (χ0n) is 15.5. The molecule has 0 amide bonds. The first-order chi connectivity index (χ1) is 11.4. The van der Waals surface area contributed by atoms with Crippen LogP contribution in [0, 0.1) is 0 Å². The number of aromatic nitrogens is 4. The topological polar surface area (TPSA) is 66.3 Å². The quantitative estimate of drug-likeness (QED) is 0.613. The minimum Gasteiger partial charge on any atom is -1.00 e. The van der Waals surface area contributed by atoms with Crippen LogP contribution in [0.3, 0.4) is 0 Å². The Balaban J connectivity index is 0.00000225. The van der Waals surface area contributed by atoms with Crippen molar-refractivity contribution < 1.29 is 17.3 Å². The van der Waals surface area contributed by atoms with Crippen LogP contribution in [0.15, 0.2) is 15.9 Å². The molecule has 2 unspecified atom stereocenters. The van der Waals surface area contributed by atoms with E-state index in [0.29, 0.717) is 23.2 Å². The first-order valence-electron chi connectivity index (χ1n) is 8.88. The van der Waals surface area contributed by atoms with E-state index >= 15 is 0 Å². The van der Waals surface area contributed by atoms with Gasteiger partial charge >= 0.3 is 5.69 Å². The number of aryl methyl sites for hydroxylation is 2. The monoisotopic (exact) mass is 369 g/mol. The van der Waals surface area contributed by atoms with Crippen LogP contribution in [0.5, 0.6) is 0 Å². The van der Waals surface area contributed by atoms with Crippen LogP contribution in [0.4, 0.5) is 0 Å². The van der Waals surface area contributed by atoms with Crippen LogP contribution < -0.4 is 28.6 Å². The van der Waals surface area contributed by atoms with Crippen LogP contribution in [0.25, 0.3) is 11.2 Å². The Morgan fingerprint density at radius 3 is 2.44 bits per heavy atom. The molecule has 7 nitrogen and oxygen atoms in total. The Labute approximate surface area is 153 Å². The van der Waals surface area contributed by atoms with E-state index in [2.05, 4.69) is 18.8 Å². The van der Waals surface area contributed by atoms with Crippen molar-refractivity contribution in [2.24, 2.45) is 14.1 Å². The molecule has 3 rings (SSSR count). The SMILES string of the molecule is CC1CCCC(C)[NH+]1CCCn1cnc2c1c(=O)n(C)c(=O)n2C.[Cl-]. The highest BCUT2D eigenvalue weighted by Gasteiger charge is 2.27. The van der Waals surface area contributed by atoms with Gasteiger partial charge in [-0.25, -0.2) is 9.78 Å². The normalized spacial score (nSPS) is 23.6. The van der Waals surface area contributed by atoms with E-state index in [1.165, 1.54) is 30.9 Å². The van der Waals surface area contributed by atoms with Gasteiger partial charge in [-0.05, 0) is 33.1 Å². The summed E-state index contributed by atoms with van der Waals surface area (Å²) in [6.45, 7) is 6.53. The number of quaternary nitrogens is 1. The summed E-state index contributed by atoms with van der Waals surface area (Å²) in [6.07, 6.45) is 6.63. The first-order valence-corrected chi connectivity index (χ1v) is 8.88. The highest BCUT2D eigenvalue weighted by Crippen LogP contribution is 2.08. The highest BCUT2D eigenvalue weighted by atomic mass is 35.5. The third-order valence-electron chi connectivity index (χ3n) is 5.62. The summed E-state index contributed by atoms with van der Waals surface area (Å²) in [7, 11) is 3.17. The van der Waals surface area contributed by atoms with Crippen molar-refractivity contribution in [1.82, 2.24) is 18.7 Å². The van der Waals surface area contributed by atoms with Gasteiger partial charge in [0.15, 0.2) is 11.2 Å². The van der Waals surface area contributed by atoms with Crippen LogP contribution >= 0.6 is 0 Å². The lowest BCUT2D eigenvalue weighted by atomic mass is 9.97. The number of hydrogen-bond donors (Lipinski definition) is 1. The molecule has 3 heterocycles. The second kappa shape index (κ2) is 7.74. The van der Waals surface area contributed by atoms with Gasteiger partial charge < -0.3 is 21.9 Å². The number of rotatable bonds is 4. The first kappa shape index (κ1) is 19.7. The number of piperidine rings is 1. The molecule has 0 spiro atoms. The molecule has 0 saturated carbocycles. The number of likely N-dealkylation sites (tertiary alicyclic amines) is 1. The minimum atomic E-state index is -0.335. The summed E-state index contributed by atoms with van der Waals surface area (Å²) in [4.78, 5) is 30.4. The van der Waals surface area contributed by atoms with E-state index in [1.807, 2.05) is 4.57 Å². The molecule has 0 aliphatic carbocycles. The average Bonchev–Trinajstić information content (AvgIpc) is 2.98. The fraction of sp³-hybridized carbons (Fsp3) is 0.706. The van der Waals surface area contributed by atoms with Crippen molar-refractivity contribution in [3.05, 3.63) is 27.2 Å². The Hall–Kier alpha value is -1.60. The fourth-order valence-corrected chi connectivity index (χ4v) is 4.10. The van der Waals surface area contributed by atoms with E-state index in [-0.39, 0.29) is 23.7 Å². The van der Waals surface area contributed by atoms with E-state index in [0.717, 1.165) is 24.1 Å². The van der Waals surface area contributed by atoms with E-state index in [9.17, 15) is 9.59 Å². The molecule has 1 aliphatic rings. The maximum Gasteiger partial charge on any atom is 0.332 e. The van der Waals surface area contributed by atoms with Crippen molar-refractivity contribution in [3.8, 4) is 0 Å². The van der Waals surface area contributed by atoms with Crippen LogP contribution in [0.1, 0.15) is 39.5 Å². The second-order valence-corrected chi connectivity index (χ2v) is 7.23. The molecule has 2 aromatic heterocycles. The predicted molar refractivity (Wildman–Crippen MR) is 93.4 cm³/mol. The van der Waals surface area contributed by atoms with Gasteiger partial charge in [-0.3, -0.25) is 13.9 Å². The number of nitrogens with zero attached hydrogens (tertiary/aromatic N) is 4. The Morgan fingerprint density at radius 2 is 1.80 bits per heavy atom. The van der Waals surface area contributed by atoms with E-state index in [4.69, 9.17) is 0 Å². The van der Waals surface area contributed by atoms with Gasteiger partial charge in [-0.15, -0.1) is 0 Å². The van der Waals surface area contributed by atoms with Gasteiger partial charge in [-0.1, -0.05) is 0 Å². The standard InChI is InChI=1S/C17H27N5O2.ClH/c1-12-7-5-8-13(2)22(12)10-6-9-21-11-18-15-14(21)16(23)20(4)17(24)19(15)3;/h11-13H,5-10H2,1-4H3;1H. The Kier molecular flexibility index (Phi) is 6.11. The Morgan fingerprint density at radius 1 is 1.16 bits per heavy atom. The summed E-state index contributed by atoms with van der Waals surface area (Å²) in [5, 5.41) is 0. The second-order valence-electron chi connectivity index (χ2n) is 7.23. The third-order valence-corrected chi connectivity index (χ3v) is 5.62. The van der Waals surface area contributed by atoms with Crippen molar-refractivity contribution in [2.45, 2.75) is 58.2 Å².